The molecule has 0 radical (unpaired) electrons. The molecule has 0 saturated carbocycles. The van der Waals surface area contributed by atoms with Gasteiger partial charge in [-0.15, -0.1) is 0 Å². The molecule has 1 aliphatic heterocycles. The molecular weight excluding hydrogens is 398 g/mol. The summed E-state index contributed by atoms with van der Waals surface area (Å²) in [5.74, 6) is 0.0434. The van der Waals surface area contributed by atoms with Crippen molar-refractivity contribution in [3.8, 4) is 0 Å². The van der Waals surface area contributed by atoms with Gasteiger partial charge in [0.25, 0.3) is 5.56 Å². The third-order valence-corrected chi connectivity index (χ3v) is 6.20. The van der Waals surface area contributed by atoms with E-state index in [9.17, 15) is 9.59 Å². The Labute approximate surface area is 179 Å². The minimum Gasteiger partial charge on any atom is -0.376 e. The fourth-order valence-electron chi connectivity index (χ4n) is 3.68. The molecule has 1 aromatic heterocycles. The van der Waals surface area contributed by atoms with Gasteiger partial charge in [-0.05, 0) is 50.5 Å². The number of carbonyl (C=O) groups excluding carboxylic acids is 1. The van der Waals surface area contributed by atoms with Crippen molar-refractivity contribution in [2.45, 2.75) is 44.5 Å². The first-order chi connectivity index (χ1) is 14.5. The summed E-state index contributed by atoms with van der Waals surface area (Å²) >= 11 is 1.28. The summed E-state index contributed by atoms with van der Waals surface area (Å²) in [6, 6.07) is 13.2. The SMILES string of the molecule is Cc1ccc(NC(=O)CSc2nc3ccccc3c(=O)n2C[C@@H]2CCCO2)c(C)c1. The average molecular weight is 424 g/mol. The average Bonchev–Trinajstić information content (AvgIpc) is 3.24. The zero-order valence-corrected chi connectivity index (χ0v) is 18.0. The van der Waals surface area contributed by atoms with Gasteiger partial charge in [0.1, 0.15) is 0 Å². The van der Waals surface area contributed by atoms with Crippen LogP contribution in [0, 0.1) is 13.8 Å². The van der Waals surface area contributed by atoms with Crippen molar-refractivity contribution in [2.75, 3.05) is 17.7 Å². The maximum atomic E-state index is 13.1. The van der Waals surface area contributed by atoms with Gasteiger partial charge in [-0.25, -0.2) is 4.98 Å². The fraction of sp³-hybridized carbons (Fsp3) is 0.348. The number of hydrogen-bond donors (Lipinski definition) is 1. The lowest BCUT2D eigenvalue weighted by Gasteiger charge is -2.16. The third kappa shape index (κ3) is 4.57. The maximum absolute atomic E-state index is 13.1. The minimum atomic E-state index is -0.127. The van der Waals surface area contributed by atoms with Gasteiger partial charge in [0, 0.05) is 12.3 Å². The molecule has 1 aliphatic rings. The second kappa shape index (κ2) is 9.02. The number of para-hydroxylation sites is 1. The van der Waals surface area contributed by atoms with E-state index in [0.29, 0.717) is 22.6 Å². The third-order valence-electron chi connectivity index (χ3n) is 5.23. The van der Waals surface area contributed by atoms with Crippen LogP contribution in [-0.4, -0.2) is 33.9 Å². The van der Waals surface area contributed by atoms with Crippen LogP contribution in [0.25, 0.3) is 10.9 Å². The van der Waals surface area contributed by atoms with Crippen molar-refractivity contribution < 1.29 is 9.53 Å². The topological polar surface area (TPSA) is 73.2 Å². The van der Waals surface area contributed by atoms with Gasteiger partial charge in [0.15, 0.2) is 5.16 Å². The van der Waals surface area contributed by atoms with E-state index in [2.05, 4.69) is 10.3 Å². The van der Waals surface area contributed by atoms with Crippen LogP contribution in [0.4, 0.5) is 5.69 Å². The Morgan fingerprint density at radius 3 is 2.87 bits per heavy atom. The Bertz CT molecular complexity index is 1140. The molecular formula is C23H25N3O3S. The predicted molar refractivity (Wildman–Crippen MR) is 120 cm³/mol. The molecule has 6 nitrogen and oxygen atoms in total. The highest BCUT2D eigenvalue weighted by Gasteiger charge is 2.20. The molecule has 156 valence electrons. The first kappa shape index (κ1) is 20.6. The lowest BCUT2D eigenvalue weighted by molar-refractivity contribution is -0.113. The van der Waals surface area contributed by atoms with Crippen LogP contribution in [-0.2, 0) is 16.1 Å². The van der Waals surface area contributed by atoms with E-state index in [1.165, 1.54) is 11.8 Å². The Kier molecular flexibility index (Phi) is 6.20. The molecule has 7 heteroatoms. The number of carbonyl (C=O) groups is 1. The van der Waals surface area contributed by atoms with Gasteiger partial charge in [0.2, 0.25) is 5.91 Å². The monoisotopic (exact) mass is 423 g/mol. The summed E-state index contributed by atoms with van der Waals surface area (Å²) in [6.45, 7) is 5.17. The largest absolute Gasteiger partial charge is 0.376 e. The molecule has 4 rings (SSSR count). The lowest BCUT2D eigenvalue weighted by atomic mass is 10.1. The summed E-state index contributed by atoms with van der Waals surface area (Å²) in [5, 5.41) is 4.08. The fourth-order valence-corrected chi connectivity index (χ4v) is 4.49. The maximum Gasteiger partial charge on any atom is 0.262 e. The Morgan fingerprint density at radius 2 is 2.10 bits per heavy atom. The van der Waals surface area contributed by atoms with E-state index < -0.39 is 0 Å². The number of benzene rings is 2. The van der Waals surface area contributed by atoms with Crippen LogP contribution in [0.2, 0.25) is 0 Å². The predicted octanol–water partition coefficient (Wildman–Crippen LogP) is 3.92. The van der Waals surface area contributed by atoms with E-state index in [1.807, 2.05) is 50.2 Å². The van der Waals surface area contributed by atoms with Crippen LogP contribution >= 0.6 is 11.8 Å². The highest BCUT2D eigenvalue weighted by atomic mass is 32.2. The Hall–Kier alpha value is -2.64. The molecule has 1 fully saturated rings. The molecule has 0 aliphatic carbocycles. The Morgan fingerprint density at radius 1 is 1.27 bits per heavy atom. The van der Waals surface area contributed by atoms with E-state index in [1.54, 1.807) is 10.6 Å². The van der Waals surface area contributed by atoms with E-state index in [4.69, 9.17) is 4.74 Å². The van der Waals surface area contributed by atoms with E-state index in [0.717, 1.165) is 36.3 Å². The number of thioether (sulfide) groups is 1. The standard InChI is InChI=1S/C23H25N3O3S/c1-15-9-10-19(16(2)12-15)24-21(27)14-30-23-25-20-8-4-3-7-18(20)22(28)26(23)13-17-6-5-11-29-17/h3-4,7-10,12,17H,5-6,11,13-14H2,1-2H3,(H,24,27)/t17-/m0/s1. The summed E-state index contributed by atoms with van der Waals surface area (Å²) in [4.78, 5) is 30.3. The highest BCUT2D eigenvalue weighted by molar-refractivity contribution is 7.99. The molecule has 1 amide bonds. The molecule has 2 heterocycles. The molecule has 0 unspecified atom stereocenters. The molecule has 2 aromatic carbocycles. The number of amides is 1. The lowest BCUT2D eigenvalue weighted by Crippen LogP contribution is -2.29. The van der Waals surface area contributed by atoms with Gasteiger partial charge < -0.3 is 10.1 Å². The number of rotatable bonds is 6. The second-order valence-corrected chi connectivity index (χ2v) is 8.56. The number of hydrogen-bond acceptors (Lipinski definition) is 5. The van der Waals surface area contributed by atoms with Gasteiger partial charge in [-0.3, -0.25) is 14.2 Å². The van der Waals surface area contributed by atoms with Crippen molar-refractivity contribution in [1.82, 2.24) is 9.55 Å². The smallest absolute Gasteiger partial charge is 0.262 e. The van der Waals surface area contributed by atoms with Crippen molar-refractivity contribution >= 4 is 34.3 Å². The molecule has 30 heavy (non-hydrogen) atoms. The number of fused-ring (bicyclic) bond motifs is 1. The van der Waals surface area contributed by atoms with Crippen LogP contribution in [0.3, 0.4) is 0 Å². The van der Waals surface area contributed by atoms with Crippen molar-refractivity contribution in [3.63, 3.8) is 0 Å². The number of nitrogens with zero attached hydrogens (tertiary/aromatic N) is 2. The quantitative estimate of drug-likeness (QED) is 0.480. The zero-order valence-electron chi connectivity index (χ0n) is 17.2. The van der Waals surface area contributed by atoms with Gasteiger partial charge in [-0.1, -0.05) is 41.6 Å². The van der Waals surface area contributed by atoms with Crippen LogP contribution in [0.1, 0.15) is 24.0 Å². The minimum absolute atomic E-state index is 0.00838. The van der Waals surface area contributed by atoms with Gasteiger partial charge >= 0.3 is 0 Å². The van der Waals surface area contributed by atoms with E-state index >= 15 is 0 Å². The summed E-state index contributed by atoms with van der Waals surface area (Å²) in [6.07, 6.45) is 1.94. The number of anilines is 1. The number of nitrogens with one attached hydrogen (secondary N) is 1. The van der Waals surface area contributed by atoms with Gasteiger partial charge in [-0.2, -0.15) is 0 Å². The van der Waals surface area contributed by atoms with Gasteiger partial charge in [0.05, 0.1) is 29.3 Å². The Balaban J connectivity index is 1.56. The van der Waals surface area contributed by atoms with Crippen molar-refractivity contribution in [2.24, 2.45) is 0 Å². The van der Waals surface area contributed by atoms with E-state index in [-0.39, 0.29) is 23.3 Å². The molecule has 0 spiro atoms. The van der Waals surface area contributed by atoms with Crippen LogP contribution < -0.4 is 10.9 Å². The molecule has 3 aromatic rings. The number of aromatic nitrogens is 2. The normalized spacial score (nSPS) is 16.1. The second-order valence-electron chi connectivity index (χ2n) is 7.62. The molecule has 0 bridgehead atoms. The number of aryl methyl sites for hydroxylation is 2. The highest BCUT2D eigenvalue weighted by Crippen LogP contribution is 2.22. The first-order valence-corrected chi connectivity index (χ1v) is 11.1. The zero-order chi connectivity index (χ0) is 21.1. The molecule has 1 N–H and O–H groups in total. The van der Waals surface area contributed by atoms with Crippen LogP contribution in [0.5, 0.6) is 0 Å². The molecule has 1 atom stereocenters. The summed E-state index contributed by atoms with van der Waals surface area (Å²) in [5.41, 5.74) is 3.53. The number of ether oxygens (including phenoxy) is 1. The molecule has 1 saturated heterocycles. The summed E-state index contributed by atoms with van der Waals surface area (Å²) < 4.78 is 7.39. The summed E-state index contributed by atoms with van der Waals surface area (Å²) in [7, 11) is 0. The van der Waals surface area contributed by atoms with Crippen molar-refractivity contribution in [3.05, 3.63) is 63.9 Å². The first-order valence-electron chi connectivity index (χ1n) is 10.1. The van der Waals surface area contributed by atoms with Crippen molar-refractivity contribution in [1.29, 1.82) is 0 Å². The van der Waals surface area contributed by atoms with Crippen LogP contribution in [0.15, 0.2) is 52.4 Å².